The van der Waals surface area contributed by atoms with Crippen molar-refractivity contribution in [1.82, 2.24) is 4.98 Å². The molecule has 2 unspecified atom stereocenters. The molecule has 0 spiro atoms. The van der Waals surface area contributed by atoms with Crippen molar-refractivity contribution in [1.29, 1.82) is 0 Å². The predicted molar refractivity (Wildman–Crippen MR) is 88.0 cm³/mol. The minimum absolute atomic E-state index is 0.0175. The quantitative estimate of drug-likeness (QED) is 0.942. The number of amides is 1. The second-order valence-corrected chi connectivity index (χ2v) is 6.20. The van der Waals surface area contributed by atoms with Crippen LogP contribution in [0.25, 0.3) is 11.3 Å². The average molecular weight is 312 g/mol. The lowest BCUT2D eigenvalue weighted by Gasteiger charge is -2.25. The summed E-state index contributed by atoms with van der Waals surface area (Å²) in [5.41, 5.74) is 0.382. The third kappa shape index (κ3) is 3.67. The Kier molecular flexibility index (Phi) is 4.55. The van der Waals surface area contributed by atoms with Gasteiger partial charge >= 0.3 is 5.63 Å². The maximum absolute atomic E-state index is 12.3. The zero-order valence-corrected chi connectivity index (χ0v) is 13.1. The molecule has 23 heavy (non-hydrogen) atoms. The standard InChI is InChI=1S/C18H20N2O3/c1-12-4-2-5-13(10-12)17(21)20-15-7-8-16(23-18(15)22)14-6-3-9-19-11-14/h3,6-9,11-13H,2,4-5,10H2,1H3,(H,20,21). The molecule has 1 fully saturated rings. The SMILES string of the molecule is CC1CCCC(C(=O)Nc2ccc(-c3cccnc3)oc2=O)C1. The maximum Gasteiger partial charge on any atom is 0.360 e. The number of rotatable bonds is 3. The molecule has 2 aromatic heterocycles. The van der Waals surface area contributed by atoms with E-state index in [0.29, 0.717) is 11.7 Å². The first-order valence-corrected chi connectivity index (χ1v) is 7.99. The summed E-state index contributed by atoms with van der Waals surface area (Å²) in [6, 6.07) is 6.86. The van der Waals surface area contributed by atoms with Gasteiger partial charge in [-0.2, -0.15) is 0 Å². The molecule has 0 aromatic carbocycles. The zero-order valence-electron chi connectivity index (χ0n) is 13.1. The van der Waals surface area contributed by atoms with E-state index in [2.05, 4.69) is 17.2 Å². The second kappa shape index (κ2) is 6.77. The van der Waals surface area contributed by atoms with Crippen LogP contribution < -0.4 is 10.9 Å². The van der Waals surface area contributed by atoms with Gasteiger partial charge in [0.15, 0.2) is 0 Å². The average Bonchev–Trinajstić information content (AvgIpc) is 2.57. The van der Waals surface area contributed by atoms with Gasteiger partial charge in [-0.05, 0) is 43.0 Å². The molecule has 1 amide bonds. The minimum atomic E-state index is -0.538. The van der Waals surface area contributed by atoms with E-state index in [-0.39, 0.29) is 17.5 Å². The second-order valence-electron chi connectivity index (χ2n) is 6.20. The summed E-state index contributed by atoms with van der Waals surface area (Å²) in [6.45, 7) is 2.16. The molecule has 1 aliphatic rings. The highest BCUT2D eigenvalue weighted by molar-refractivity contribution is 5.92. The summed E-state index contributed by atoms with van der Waals surface area (Å²) >= 11 is 0. The highest BCUT2D eigenvalue weighted by atomic mass is 16.4. The lowest BCUT2D eigenvalue weighted by molar-refractivity contribution is -0.121. The van der Waals surface area contributed by atoms with Crippen LogP contribution in [0.1, 0.15) is 32.6 Å². The monoisotopic (exact) mass is 312 g/mol. The van der Waals surface area contributed by atoms with Crippen molar-refractivity contribution < 1.29 is 9.21 Å². The number of nitrogens with zero attached hydrogens (tertiary/aromatic N) is 1. The Labute approximate surface area is 134 Å². The van der Waals surface area contributed by atoms with Crippen molar-refractivity contribution in [2.45, 2.75) is 32.6 Å². The van der Waals surface area contributed by atoms with Crippen molar-refractivity contribution in [2.24, 2.45) is 11.8 Å². The molecule has 1 saturated carbocycles. The van der Waals surface area contributed by atoms with Gasteiger partial charge in [0.2, 0.25) is 5.91 Å². The topological polar surface area (TPSA) is 72.2 Å². The summed E-state index contributed by atoms with van der Waals surface area (Å²) in [5.74, 6) is 0.894. The molecule has 2 aromatic rings. The molecule has 3 rings (SSSR count). The first-order chi connectivity index (χ1) is 11.1. The van der Waals surface area contributed by atoms with E-state index in [1.165, 1.54) is 6.42 Å². The van der Waals surface area contributed by atoms with E-state index < -0.39 is 5.63 Å². The predicted octanol–water partition coefficient (Wildman–Crippen LogP) is 3.47. The maximum atomic E-state index is 12.3. The van der Waals surface area contributed by atoms with Gasteiger partial charge in [0.05, 0.1) is 0 Å². The molecule has 5 nitrogen and oxygen atoms in total. The number of hydrogen-bond donors (Lipinski definition) is 1. The van der Waals surface area contributed by atoms with E-state index >= 15 is 0 Å². The van der Waals surface area contributed by atoms with Crippen LogP contribution in [0.3, 0.4) is 0 Å². The Morgan fingerprint density at radius 3 is 2.87 bits per heavy atom. The minimum Gasteiger partial charge on any atom is -0.421 e. The van der Waals surface area contributed by atoms with E-state index in [0.717, 1.165) is 24.8 Å². The molecular weight excluding hydrogens is 292 g/mol. The molecule has 5 heteroatoms. The van der Waals surface area contributed by atoms with Crippen molar-refractivity contribution in [3.8, 4) is 11.3 Å². The smallest absolute Gasteiger partial charge is 0.360 e. The van der Waals surface area contributed by atoms with Crippen LogP contribution in [0.15, 0.2) is 45.9 Å². The van der Waals surface area contributed by atoms with Gasteiger partial charge in [-0.3, -0.25) is 9.78 Å². The first kappa shape index (κ1) is 15.5. The van der Waals surface area contributed by atoms with Gasteiger partial charge in [-0.15, -0.1) is 0 Å². The fourth-order valence-electron chi connectivity index (χ4n) is 3.08. The largest absolute Gasteiger partial charge is 0.421 e. The van der Waals surface area contributed by atoms with Crippen molar-refractivity contribution in [2.75, 3.05) is 5.32 Å². The molecule has 0 saturated heterocycles. The zero-order chi connectivity index (χ0) is 16.2. The van der Waals surface area contributed by atoms with E-state index in [1.807, 2.05) is 6.07 Å². The summed E-state index contributed by atoms with van der Waals surface area (Å²) in [4.78, 5) is 28.4. The third-order valence-corrected chi connectivity index (χ3v) is 4.34. The molecule has 0 radical (unpaired) electrons. The van der Waals surface area contributed by atoms with Gasteiger partial charge in [-0.1, -0.05) is 19.8 Å². The van der Waals surface area contributed by atoms with E-state index in [1.54, 1.807) is 30.6 Å². The fourth-order valence-corrected chi connectivity index (χ4v) is 3.08. The highest BCUT2D eigenvalue weighted by Gasteiger charge is 2.25. The van der Waals surface area contributed by atoms with Gasteiger partial charge in [0, 0.05) is 23.9 Å². The third-order valence-electron chi connectivity index (χ3n) is 4.34. The number of aromatic nitrogens is 1. The van der Waals surface area contributed by atoms with Crippen LogP contribution >= 0.6 is 0 Å². The lowest BCUT2D eigenvalue weighted by atomic mass is 9.82. The molecule has 0 bridgehead atoms. The van der Waals surface area contributed by atoms with Crippen LogP contribution in [0.5, 0.6) is 0 Å². The molecule has 0 aliphatic heterocycles. The molecular formula is C18H20N2O3. The Morgan fingerprint density at radius 1 is 1.30 bits per heavy atom. The number of carbonyl (C=O) groups excluding carboxylic acids is 1. The van der Waals surface area contributed by atoms with Gasteiger partial charge < -0.3 is 9.73 Å². The molecule has 1 N–H and O–H groups in total. The van der Waals surface area contributed by atoms with Crippen LogP contribution in [0.2, 0.25) is 0 Å². The van der Waals surface area contributed by atoms with E-state index in [4.69, 9.17) is 4.42 Å². The molecule has 2 atom stereocenters. The van der Waals surface area contributed by atoms with E-state index in [9.17, 15) is 9.59 Å². The Bertz CT molecular complexity index is 739. The highest BCUT2D eigenvalue weighted by Crippen LogP contribution is 2.29. The summed E-state index contributed by atoms with van der Waals surface area (Å²) < 4.78 is 5.29. The Hall–Kier alpha value is -2.43. The van der Waals surface area contributed by atoms with Crippen LogP contribution in [0, 0.1) is 11.8 Å². The molecule has 1 aliphatic carbocycles. The van der Waals surface area contributed by atoms with Crippen LogP contribution in [-0.4, -0.2) is 10.9 Å². The molecule has 120 valence electrons. The van der Waals surface area contributed by atoms with Gasteiger partial charge in [0.25, 0.3) is 0 Å². The number of pyridine rings is 1. The molecule has 2 heterocycles. The Balaban J connectivity index is 1.74. The Morgan fingerprint density at radius 2 is 2.17 bits per heavy atom. The van der Waals surface area contributed by atoms with Gasteiger partial charge in [0.1, 0.15) is 11.4 Å². The number of nitrogens with one attached hydrogen (secondary N) is 1. The number of carbonyl (C=O) groups is 1. The van der Waals surface area contributed by atoms with Crippen LogP contribution in [0.4, 0.5) is 5.69 Å². The lowest BCUT2D eigenvalue weighted by Crippen LogP contribution is -2.29. The summed E-state index contributed by atoms with van der Waals surface area (Å²) in [5, 5.41) is 2.72. The number of hydrogen-bond acceptors (Lipinski definition) is 4. The van der Waals surface area contributed by atoms with Crippen molar-refractivity contribution in [3.05, 3.63) is 47.1 Å². The first-order valence-electron chi connectivity index (χ1n) is 7.99. The summed E-state index contributed by atoms with van der Waals surface area (Å²) in [7, 11) is 0. The normalized spacial score (nSPS) is 20.9. The fraction of sp³-hybridized carbons (Fsp3) is 0.389. The van der Waals surface area contributed by atoms with Crippen LogP contribution in [-0.2, 0) is 4.79 Å². The summed E-state index contributed by atoms with van der Waals surface area (Å²) in [6.07, 6.45) is 7.28. The number of anilines is 1. The van der Waals surface area contributed by atoms with Crippen molar-refractivity contribution in [3.63, 3.8) is 0 Å². The van der Waals surface area contributed by atoms with Gasteiger partial charge in [-0.25, -0.2) is 4.79 Å². The van der Waals surface area contributed by atoms with Crippen molar-refractivity contribution >= 4 is 11.6 Å².